The first-order valence-electron chi connectivity index (χ1n) is 8.87. The van der Waals surface area contributed by atoms with E-state index >= 15 is 0 Å². The van der Waals surface area contributed by atoms with Crippen LogP contribution in [-0.2, 0) is 27.7 Å². The number of hydrogen-bond donors (Lipinski definition) is 2. The lowest BCUT2D eigenvalue weighted by atomic mass is 9.92. The SMILES string of the molecule is O=C(CN1C(=O)NC2(CCc3ccccc32)C1=O)Nc1ncc(C(F)(F)F)cc1Cl. The zero-order valence-electron chi connectivity index (χ0n) is 15.2. The minimum absolute atomic E-state index is 0.303. The van der Waals surface area contributed by atoms with E-state index in [0.717, 1.165) is 10.5 Å². The lowest BCUT2D eigenvalue weighted by Crippen LogP contribution is -2.43. The Bertz CT molecular complexity index is 1080. The molecular weight excluding hydrogens is 425 g/mol. The van der Waals surface area contributed by atoms with Crippen LogP contribution in [-0.4, -0.2) is 34.3 Å². The highest BCUT2D eigenvalue weighted by Crippen LogP contribution is 2.41. The molecule has 1 saturated heterocycles. The van der Waals surface area contributed by atoms with Gasteiger partial charge in [-0.1, -0.05) is 35.9 Å². The monoisotopic (exact) mass is 438 g/mol. The van der Waals surface area contributed by atoms with Crippen LogP contribution in [0.3, 0.4) is 0 Å². The van der Waals surface area contributed by atoms with Gasteiger partial charge in [0.2, 0.25) is 5.91 Å². The molecule has 0 bridgehead atoms. The van der Waals surface area contributed by atoms with E-state index < -0.39 is 46.7 Å². The van der Waals surface area contributed by atoms with Crippen molar-refractivity contribution in [1.29, 1.82) is 0 Å². The summed E-state index contributed by atoms with van der Waals surface area (Å²) in [6.07, 6.45) is -3.13. The maximum atomic E-state index is 13.0. The van der Waals surface area contributed by atoms with Crippen LogP contribution >= 0.6 is 11.6 Å². The lowest BCUT2D eigenvalue weighted by Gasteiger charge is -2.22. The second kappa shape index (κ2) is 6.98. The summed E-state index contributed by atoms with van der Waals surface area (Å²) < 4.78 is 38.1. The van der Waals surface area contributed by atoms with E-state index in [9.17, 15) is 27.6 Å². The molecule has 11 heteroatoms. The second-order valence-electron chi connectivity index (χ2n) is 6.98. The van der Waals surface area contributed by atoms with Crippen LogP contribution in [0.4, 0.5) is 23.8 Å². The molecule has 1 atom stereocenters. The number of fused-ring (bicyclic) bond motifs is 2. The molecule has 2 aliphatic rings. The molecule has 7 nitrogen and oxygen atoms in total. The van der Waals surface area contributed by atoms with Gasteiger partial charge >= 0.3 is 12.2 Å². The van der Waals surface area contributed by atoms with Crippen molar-refractivity contribution in [2.75, 3.05) is 11.9 Å². The van der Waals surface area contributed by atoms with E-state index in [0.29, 0.717) is 30.7 Å². The van der Waals surface area contributed by atoms with Crippen molar-refractivity contribution >= 4 is 35.3 Å². The minimum atomic E-state index is -4.63. The first-order chi connectivity index (χ1) is 14.1. The van der Waals surface area contributed by atoms with Crippen LogP contribution in [0, 0.1) is 0 Å². The Morgan fingerprint density at radius 2 is 2.03 bits per heavy atom. The number of alkyl halides is 3. The van der Waals surface area contributed by atoms with Gasteiger partial charge in [-0.15, -0.1) is 0 Å². The van der Waals surface area contributed by atoms with Crippen molar-refractivity contribution in [1.82, 2.24) is 15.2 Å². The Balaban J connectivity index is 1.50. The Morgan fingerprint density at radius 1 is 1.30 bits per heavy atom. The fraction of sp³-hybridized carbons (Fsp3) is 0.263. The summed E-state index contributed by atoms with van der Waals surface area (Å²) in [6, 6.07) is 7.14. The number of rotatable bonds is 3. The van der Waals surface area contributed by atoms with Crippen LogP contribution in [0.15, 0.2) is 36.5 Å². The second-order valence-corrected chi connectivity index (χ2v) is 7.39. The molecule has 1 aliphatic carbocycles. The number of nitrogens with one attached hydrogen (secondary N) is 2. The largest absolute Gasteiger partial charge is 0.417 e. The summed E-state index contributed by atoms with van der Waals surface area (Å²) in [4.78, 5) is 42.0. The molecule has 1 fully saturated rings. The average Bonchev–Trinajstić information content (AvgIpc) is 3.16. The zero-order chi connectivity index (χ0) is 21.7. The Hall–Kier alpha value is -3.14. The molecule has 2 aromatic rings. The van der Waals surface area contributed by atoms with E-state index in [1.165, 1.54) is 0 Å². The molecule has 2 N–H and O–H groups in total. The molecule has 1 aromatic carbocycles. The number of halogens is 4. The van der Waals surface area contributed by atoms with Crippen LogP contribution in [0.25, 0.3) is 0 Å². The first kappa shape index (κ1) is 20.1. The third-order valence-electron chi connectivity index (χ3n) is 5.15. The summed E-state index contributed by atoms with van der Waals surface area (Å²) >= 11 is 5.77. The maximum Gasteiger partial charge on any atom is 0.417 e. The fourth-order valence-corrected chi connectivity index (χ4v) is 3.95. The van der Waals surface area contributed by atoms with Crippen molar-refractivity contribution in [3.63, 3.8) is 0 Å². The maximum absolute atomic E-state index is 13.0. The molecule has 0 saturated carbocycles. The highest BCUT2D eigenvalue weighted by Gasteiger charge is 2.55. The van der Waals surface area contributed by atoms with Crippen LogP contribution < -0.4 is 10.6 Å². The predicted molar refractivity (Wildman–Crippen MR) is 99.6 cm³/mol. The Kier molecular flexibility index (Phi) is 4.69. The van der Waals surface area contributed by atoms with Crippen molar-refractivity contribution in [3.8, 4) is 0 Å². The molecule has 1 spiro atoms. The van der Waals surface area contributed by atoms with Gasteiger partial charge in [0, 0.05) is 6.20 Å². The van der Waals surface area contributed by atoms with Gasteiger partial charge in [0.15, 0.2) is 5.82 Å². The minimum Gasteiger partial charge on any atom is -0.319 e. The molecule has 1 aromatic heterocycles. The van der Waals surface area contributed by atoms with Crippen LogP contribution in [0.2, 0.25) is 5.02 Å². The van der Waals surface area contributed by atoms with Gasteiger partial charge in [-0.25, -0.2) is 9.78 Å². The highest BCUT2D eigenvalue weighted by molar-refractivity contribution is 6.33. The first-order valence-corrected chi connectivity index (χ1v) is 9.25. The predicted octanol–water partition coefficient (Wildman–Crippen LogP) is 3.09. The van der Waals surface area contributed by atoms with E-state index in [-0.39, 0.29) is 5.82 Å². The van der Waals surface area contributed by atoms with Gasteiger partial charge in [-0.3, -0.25) is 14.5 Å². The number of hydrogen-bond acceptors (Lipinski definition) is 4. The number of imide groups is 1. The fourth-order valence-electron chi connectivity index (χ4n) is 3.73. The Morgan fingerprint density at radius 3 is 2.73 bits per heavy atom. The quantitative estimate of drug-likeness (QED) is 0.720. The van der Waals surface area contributed by atoms with Gasteiger partial charge in [-0.05, 0) is 30.0 Å². The van der Waals surface area contributed by atoms with E-state index in [1.54, 1.807) is 12.1 Å². The summed E-state index contributed by atoms with van der Waals surface area (Å²) in [5.41, 5.74) is -0.642. The van der Waals surface area contributed by atoms with E-state index in [4.69, 9.17) is 11.6 Å². The third kappa shape index (κ3) is 3.26. The van der Waals surface area contributed by atoms with Gasteiger partial charge < -0.3 is 10.6 Å². The number of pyridine rings is 1. The number of nitrogens with zero attached hydrogens (tertiary/aromatic N) is 2. The van der Waals surface area contributed by atoms with Gasteiger partial charge in [0.05, 0.1) is 10.6 Å². The number of benzene rings is 1. The molecular formula is C19H14ClF3N4O3. The lowest BCUT2D eigenvalue weighted by molar-refractivity contribution is -0.137. The summed E-state index contributed by atoms with van der Waals surface area (Å²) in [7, 11) is 0. The van der Waals surface area contributed by atoms with E-state index in [2.05, 4.69) is 15.6 Å². The molecule has 156 valence electrons. The third-order valence-corrected chi connectivity index (χ3v) is 5.44. The Labute approximate surface area is 173 Å². The van der Waals surface area contributed by atoms with Crippen molar-refractivity contribution < 1.29 is 27.6 Å². The molecule has 30 heavy (non-hydrogen) atoms. The number of carbonyl (C=O) groups excluding carboxylic acids is 3. The number of urea groups is 1. The average molecular weight is 439 g/mol. The van der Waals surface area contributed by atoms with Gasteiger partial charge in [0.25, 0.3) is 5.91 Å². The molecule has 4 amide bonds. The molecule has 1 unspecified atom stereocenters. The zero-order valence-corrected chi connectivity index (χ0v) is 16.0. The van der Waals surface area contributed by atoms with Crippen molar-refractivity contribution in [2.45, 2.75) is 24.6 Å². The molecule has 2 heterocycles. The number of aromatic nitrogens is 1. The van der Waals surface area contributed by atoms with Gasteiger partial charge in [0.1, 0.15) is 12.1 Å². The number of carbonyl (C=O) groups is 3. The summed E-state index contributed by atoms with van der Waals surface area (Å²) in [6.45, 7) is -0.631. The smallest absolute Gasteiger partial charge is 0.319 e. The highest BCUT2D eigenvalue weighted by atomic mass is 35.5. The van der Waals surface area contributed by atoms with Crippen LogP contribution in [0.5, 0.6) is 0 Å². The number of aryl methyl sites for hydroxylation is 1. The number of anilines is 1. The van der Waals surface area contributed by atoms with Crippen molar-refractivity contribution in [3.05, 3.63) is 58.2 Å². The summed E-state index contributed by atoms with van der Waals surface area (Å²) in [5.74, 6) is -1.68. The standard InChI is InChI=1S/C19H14ClF3N4O3/c20-13-7-11(19(21,22)23)8-24-15(13)25-14(28)9-27-16(29)18(26-17(27)30)6-5-10-3-1-2-4-12(10)18/h1-4,7-8H,5-6,9H2,(H,26,30)(H,24,25,28). The topological polar surface area (TPSA) is 91.4 Å². The molecule has 4 rings (SSSR count). The molecule has 0 radical (unpaired) electrons. The normalized spacial score (nSPS) is 20.5. The number of amides is 4. The van der Waals surface area contributed by atoms with Crippen LogP contribution in [0.1, 0.15) is 23.1 Å². The molecule has 1 aliphatic heterocycles. The van der Waals surface area contributed by atoms with Crippen molar-refractivity contribution in [2.24, 2.45) is 0 Å². The summed E-state index contributed by atoms with van der Waals surface area (Å²) in [5, 5.41) is 4.49. The van der Waals surface area contributed by atoms with E-state index in [1.807, 2.05) is 12.1 Å². The van der Waals surface area contributed by atoms with Gasteiger partial charge in [-0.2, -0.15) is 13.2 Å².